The maximum absolute atomic E-state index is 13.5. The van der Waals surface area contributed by atoms with Gasteiger partial charge in [-0.25, -0.2) is 0 Å². The van der Waals surface area contributed by atoms with E-state index in [1.807, 2.05) is 32.9 Å². The Bertz CT molecular complexity index is 777. The predicted molar refractivity (Wildman–Crippen MR) is 106 cm³/mol. The van der Waals surface area contributed by atoms with Crippen molar-refractivity contribution in [2.24, 2.45) is 11.8 Å². The smallest absolute Gasteiger partial charge is 0.246 e. The number of likely N-dealkylation sites (tertiary alicyclic amines) is 1. The zero-order valence-corrected chi connectivity index (χ0v) is 17.4. The van der Waals surface area contributed by atoms with Crippen LogP contribution in [0.3, 0.4) is 0 Å². The maximum atomic E-state index is 13.5. The minimum atomic E-state index is -1.03. The van der Waals surface area contributed by atoms with Gasteiger partial charge < -0.3 is 20.3 Å². The molecule has 5 unspecified atom stereocenters. The number of amides is 3. The van der Waals surface area contributed by atoms with E-state index in [2.05, 4.69) is 10.6 Å². The van der Waals surface area contributed by atoms with Gasteiger partial charge in [0.15, 0.2) is 0 Å². The first-order valence-electron chi connectivity index (χ1n) is 11.0. The number of carbonyl (C=O) groups excluding carboxylic acids is 3. The van der Waals surface area contributed by atoms with Crippen LogP contribution >= 0.6 is 0 Å². The number of ether oxygens (including phenoxy) is 1. The van der Waals surface area contributed by atoms with E-state index in [1.165, 1.54) is 0 Å². The molecule has 5 atom stereocenters. The van der Waals surface area contributed by atoms with E-state index < -0.39 is 35.1 Å². The van der Waals surface area contributed by atoms with E-state index in [4.69, 9.17) is 4.74 Å². The molecule has 3 heterocycles. The van der Waals surface area contributed by atoms with Gasteiger partial charge in [0, 0.05) is 17.6 Å². The first kappa shape index (κ1) is 19.1. The molecule has 0 aromatic rings. The third-order valence-corrected chi connectivity index (χ3v) is 7.00. The molecule has 2 bridgehead atoms. The Labute approximate surface area is 171 Å². The zero-order chi connectivity index (χ0) is 20.6. The zero-order valence-electron chi connectivity index (χ0n) is 17.4. The molecule has 3 aliphatic heterocycles. The van der Waals surface area contributed by atoms with Crippen molar-refractivity contribution in [1.29, 1.82) is 0 Å². The Morgan fingerprint density at radius 1 is 1.14 bits per heavy atom. The Balaban J connectivity index is 1.46. The molecule has 158 valence electrons. The van der Waals surface area contributed by atoms with Crippen molar-refractivity contribution in [2.75, 3.05) is 0 Å². The summed E-state index contributed by atoms with van der Waals surface area (Å²) < 4.78 is 6.31. The number of carbonyl (C=O) groups is 3. The van der Waals surface area contributed by atoms with E-state index in [0.29, 0.717) is 0 Å². The van der Waals surface area contributed by atoms with Gasteiger partial charge in [0.05, 0.1) is 17.9 Å². The molecular weight excluding hydrogens is 370 g/mol. The minimum Gasteiger partial charge on any atom is -0.359 e. The molecule has 7 heteroatoms. The van der Waals surface area contributed by atoms with Crippen LogP contribution in [0, 0.1) is 11.8 Å². The maximum Gasteiger partial charge on any atom is 0.246 e. The van der Waals surface area contributed by atoms with Crippen molar-refractivity contribution in [3.8, 4) is 0 Å². The van der Waals surface area contributed by atoms with Crippen LogP contribution in [0.15, 0.2) is 12.2 Å². The average molecular weight is 402 g/mol. The second kappa shape index (κ2) is 6.30. The van der Waals surface area contributed by atoms with E-state index in [-0.39, 0.29) is 29.8 Å². The van der Waals surface area contributed by atoms with Crippen LogP contribution in [0.5, 0.6) is 0 Å². The van der Waals surface area contributed by atoms with E-state index in [1.54, 1.807) is 4.90 Å². The summed E-state index contributed by atoms with van der Waals surface area (Å²) in [6, 6.07) is -0.442. The van der Waals surface area contributed by atoms with E-state index in [9.17, 15) is 14.4 Å². The van der Waals surface area contributed by atoms with Crippen LogP contribution in [-0.2, 0) is 19.1 Å². The number of rotatable bonds is 4. The highest BCUT2D eigenvalue weighted by Gasteiger charge is 2.74. The van der Waals surface area contributed by atoms with Crippen molar-refractivity contribution >= 4 is 17.7 Å². The summed E-state index contributed by atoms with van der Waals surface area (Å²) in [5, 5.41) is 6.19. The monoisotopic (exact) mass is 401 g/mol. The Morgan fingerprint density at radius 2 is 1.83 bits per heavy atom. The van der Waals surface area contributed by atoms with Crippen LogP contribution in [-0.4, -0.2) is 58.0 Å². The molecule has 5 rings (SSSR count). The molecule has 29 heavy (non-hydrogen) atoms. The molecule has 0 aromatic heterocycles. The number of hydrogen-bond donors (Lipinski definition) is 2. The van der Waals surface area contributed by atoms with Crippen LogP contribution < -0.4 is 10.6 Å². The average Bonchev–Trinajstić information content (AvgIpc) is 2.99. The number of fused-ring (bicyclic) bond motifs is 1. The normalized spacial score (nSPS) is 38.6. The second-order valence-corrected chi connectivity index (χ2v) is 10.4. The van der Waals surface area contributed by atoms with Crippen LogP contribution in [0.25, 0.3) is 0 Å². The van der Waals surface area contributed by atoms with Gasteiger partial charge >= 0.3 is 0 Å². The first-order valence-corrected chi connectivity index (χ1v) is 11.0. The Kier molecular flexibility index (Phi) is 4.15. The van der Waals surface area contributed by atoms with Gasteiger partial charge in [0.2, 0.25) is 17.7 Å². The van der Waals surface area contributed by atoms with Gasteiger partial charge in [0.1, 0.15) is 11.6 Å². The highest BCUT2D eigenvalue weighted by atomic mass is 16.5. The van der Waals surface area contributed by atoms with E-state index >= 15 is 0 Å². The number of nitrogens with one attached hydrogen (secondary N) is 2. The fourth-order valence-corrected chi connectivity index (χ4v) is 5.76. The quantitative estimate of drug-likeness (QED) is 0.695. The molecule has 2 N–H and O–H groups in total. The van der Waals surface area contributed by atoms with Crippen molar-refractivity contribution in [3.05, 3.63) is 12.2 Å². The Hall–Kier alpha value is -1.89. The summed E-state index contributed by atoms with van der Waals surface area (Å²) in [7, 11) is 0. The van der Waals surface area contributed by atoms with Crippen LogP contribution in [0.1, 0.15) is 59.3 Å². The number of hydrogen-bond acceptors (Lipinski definition) is 4. The van der Waals surface area contributed by atoms with Crippen molar-refractivity contribution < 1.29 is 19.1 Å². The molecular formula is C22H31N3O4. The van der Waals surface area contributed by atoms with Gasteiger partial charge in [-0.05, 0) is 46.5 Å². The molecule has 4 fully saturated rings. The second-order valence-electron chi connectivity index (χ2n) is 10.4. The van der Waals surface area contributed by atoms with Gasteiger partial charge in [-0.2, -0.15) is 0 Å². The lowest BCUT2D eigenvalue weighted by molar-refractivity contribution is -0.143. The van der Waals surface area contributed by atoms with Crippen LogP contribution in [0.4, 0.5) is 0 Å². The topological polar surface area (TPSA) is 87.7 Å². The number of nitrogens with zero attached hydrogens (tertiary/aromatic N) is 1. The molecule has 2 saturated heterocycles. The van der Waals surface area contributed by atoms with Crippen molar-refractivity contribution in [1.82, 2.24) is 15.5 Å². The van der Waals surface area contributed by atoms with Gasteiger partial charge in [-0.1, -0.05) is 25.0 Å². The fourth-order valence-electron chi connectivity index (χ4n) is 5.76. The third kappa shape index (κ3) is 2.92. The minimum absolute atomic E-state index is 0.0767. The Morgan fingerprint density at radius 3 is 2.45 bits per heavy atom. The molecule has 2 aliphatic carbocycles. The molecule has 3 amide bonds. The van der Waals surface area contributed by atoms with Crippen LogP contribution in [0.2, 0.25) is 0 Å². The van der Waals surface area contributed by atoms with Gasteiger partial charge in [0.25, 0.3) is 0 Å². The van der Waals surface area contributed by atoms with Crippen molar-refractivity contribution in [2.45, 2.75) is 94.7 Å². The molecule has 5 aliphatic rings. The summed E-state index contributed by atoms with van der Waals surface area (Å²) in [5.41, 5.74) is -1.44. The summed E-state index contributed by atoms with van der Waals surface area (Å²) >= 11 is 0. The summed E-state index contributed by atoms with van der Waals surface area (Å²) in [6.07, 6.45) is 9.39. The lowest BCUT2D eigenvalue weighted by atomic mass is 9.74. The highest BCUT2D eigenvalue weighted by Crippen LogP contribution is 2.57. The van der Waals surface area contributed by atoms with Crippen molar-refractivity contribution in [3.63, 3.8) is 0 Å². The third-order valence-electron chi connectivity index (χ3n) is 7.00. The molecule has 1 spiro atoms. The van der Waals surface area contributed by atoms with Gasteiger partial charge in [-0.15, -0.1) is 0 Å². The standard InChI is InChI=1S/C22H31N3O4/c1-21(2,3)24-19(27)17-22-11-10-14(29-22)15(18(26)23-12-6-4-5-7-12)16(22)20(28)25(17)13-8-9-13/h10-17H,4-9H2,1-3H3,(H,23,26)(H,24,27). The molecule has 2 saturated carbocycles. The van der Waals surface area contributed by atoms with E-state index in [0.717, 1.165) is 38.5 Å². The molecule has 7 nitrogen and oxygen atoms in total. The largest absolute Gasteiger partial charge is 0.359 e. The first-order chi connectivity index (χ1) is 13.7. The lowest BCUT2D eigenvalue weighted by Gasteiger charge is -2.34. The summed E-state index contributed by atoms with van der Waals surface area (Å²) in [4.78, 5) is 41.8. The summed E-state index contributed by atoms with van der Waals surface area (Å²) in [5.74, 6) is -1.56. The highest BCUT2D eigenvalue weighted by molar-refractivity contribution is 6.00. The molecule has 0 radical (unpaired) electrons. The summed E-state index contributed by atoms with van der Waals surface area (Å²) in [6.45, 7) is 5.79. The lowest BCUT2D eigenvalue weighted by Crippen LogP contribution is -2.58. The SMILES string of the molecule is CC(C)(C)NC(=O)C1N(C2CC2)C(=O)C2C(C(=O)NC3CCCC3)C3C=CC21O3. The fraction of sp³-hybridized carbons (Fsp3) is 0.773. The molecule has 0 aromatic carbocycles. The predicted octanol–water partition coefficient (Wildman–Crippen LogP) is 1.27. The van der Waals surface area contributed by atoms with Gasteiger partial charge in [-0.3, -0.25) is 14.4 Å².